The van der Waals surface area contributed by atoms with Gasteiger partial charge in [-0.25, -0.2) is 14.5 Å². The Morgan fingerprint density at radius 2 is 2.32 bits per heavy atom. The van der Waals surface area contributed by atoms with Gasteiger partial charge in [0.25, 0.3) is 0 Å². The quantitative estimate of drug-likeness (QED) is 0.704. The lowest BCUT2D eigenvalue weighted by Crippen LogP contribution is -2.43. The minimum Gasteiger partial charge on any atom is -0.325 e. The summed E-state index contributed by atoms with van der Waals surface area (Å²) in [6.45, 7) is 3.67. The maximum Gasteiger partial charge on any atom is 0.321 e. The van der Waals surface area contributed by atoms with Gasteiger partial charge in [0.15, 0.2) is 0 Å². The molecule has 1 atom stereocenters. The first-order valence-corrected chi connectivity index (χ1v) is 10.2. The van der Waals surface area contributed by atoms with E-state index in [1.165, 1.54) is 0 Å². The van der Waals surface area contributed by atoms with Crippen LogP contribution >= 0.6 is 11.3 Å². The summed E-state index contributed by atoms with van der Waals surface area (Å²) in [4.78, 5) is 19.1. The monoisotopic (exact) mass is 397 g/mol. The van der Waals surface area contributed by atoms with E-state index < -0.39 is 0 Å². The number of aromatic nitrogens is 4. The third kappa shape index (κ3) is 4.05. The number of carbonyl (C=O) groups is 1. The molecule has 3 N–H and O–H groups in total. The van der Waals surface area contributed by atoms with Gasteiger partial charge in [-0.3, -0.25) is 0 Å². The van der Waals surface area contributed by atoms with Gasteiger partial charge in [0.2, 0.25) is 0 Å². The van der Waals surface area contributed by atoms with E-state index in [0.717, 1.165) is 47.0 Å². The van der Waals surface area contributed by atoms with Crippen LogP contribution in [0.4, 0.5) is 10.5 Å². The Labute approximate surface area is 167 Å². The highest BCUT2D eigenvalue weighted by atomic mass is 32.1. The summed E-state index contributed by atoms with van der Waals surface area (Å²) < 4.78 is 1.83. The number of hydrogen-bond donors (Lipinski definition) is 2. The zero-order chi connectivity index (χ0) is 19.5. The Balaban J connectivity index is 1.43. The van der Waals surface area contributed by atoms with Gasteiger partial charge in [-0.05, 0) is 31.9 Å². The fraction of sp³-hybridized carbons (Fsp3) is 0.368. The van der Waals surface area contributed by atoms with E-state index in [1.807, 2.05) is 52.3 Å². The van der Waals surface area contributed by atoms with Crippen LogP contribution in [0.2, 0.25) is 0 Å². The molecule has 0 radical (unpaired) electrons. The summed E-state index contributed by atoms with van der Waals surface area (Å²) in [7, 11) is 0. The number of urea groups is 1. The normalized spacial score (nSPS) is 16.9. The molecule has 0 bridgehead atoms. The first kappa shape index (κ1) is 18.6. The van der Waals surface area contributed by atoms with Crippen LogP contribution in [0.15, 0.2) is 35.8 Å². The molecule has 3 heterocycles. The molecule has 1 unspecified atom stereocenters. The number of hydrogen-bond acceptors (Lipinski definition) is 6. The third-order valence-corrected chi connectivity index (χ3v) is 5.81. The summed E-state index contributed by atoms with van der Waals surface area (Å²) in [5.41, 5.74) is 9.15. The lowest BCUT2D eigenvalue weighted by molar-refractivity contribution is 0.174. The Hall–Kier alpha value is -2.78. The summed E-state index contributed by atoms with van der Waals surface area (Å²) >= 11 is 1.60. The number of anilines is 1. The molecule has 8 nitrogen and oxygen atoms in total. The van der Waals surface area contributed by atoms with Gasteiger partial charge in [-0.1, -0.05) is 17.3 Å². The van der Waals surface area contributed by atoms with E-state index in [1.54, 1.807) is 11.3 Å². The smallest absolute Gasteiger partial charge is 0.321 e. The minimum absolute atomic E-state index is 0.101. The molecule has 3 aromatic rings. The van der Waals surface area contributed by atoms with Gasteiger partial charge in [0, 0.05) is 42.0 Å². The van der Waals surface area contributed by atoms with E-state index in [0.29, 0.717) is 13.1 Å². The van der Waals surface area contributed by atoms with Crippen molar-refractivity contribution in [2.75, 3.05) is 18.4 Å². The summed E-state index contributed by atoms with van der Waals surface area (Å²) in [6.07, 6.45) is 3.76. The van der Waals surface area contributed by atoms with Crippen LogP contribution in [0, 0.1) is 6.92 Å². The van der Waals surface area contributed by atoms with Crippen LogP contribution in [0.5, 0.6) is 0 Å². The molecule has 0 spiro atoms. The van der Waals surface area contributed by atoms with E-state index in [-0.39, 0.29) is 12.1 Å². The molecule has 28 heavy (non-hydrogen) atoms. The van der Waals surface area contributed by atoms with Crippen molar-refractivity contribution in [3.8, 4) is 10.6 Å². The summed E-state index contributed by atoms with van der Waals surface area (Å²) in [6, 6.07) is 7.82. The maximum absolute atomic E-state index is 12.8. The average molecular weight is 398 g/mol. The highest BCUT2D eigenvalue weighted by Gasteiger charge is 2.25. The van der Waals surface area contributed by atoms with Crippen molar-refractivity contribution in [2.45, 2.75) is 32.4 Å². The number of nitrogens with zero attached hydrogens (tertiary/aromatic N) is 5. The largest absolute Gasteiger partial charge is 0.325 e. The molecule has 1 aliphatic rings. The van der Waals surface area contributed by atoms with Gasteiger partial charge >= 0.3 is 6.03 Å². The number of rotatable bonds is 4. The standard InChI is InChI=1S/C19H23N7OS/c1-13-12-28-18(21-13)14-4-2-5-15(8-14)22-19(27)25-7-3-6-17(11-25)26-10-16(9-20)23-24-26/h2,4-5,8,10,12,17H,3,6-7,9,11,20H2,1H3,(H,22,27). The van der Waals surface area contributed by atoms with Crippen molar-refractivity contribution in [1.29, 1.82) is 0 Å². The number of nitrogens with two attached hydrogens (primary N) is 1. The molecule has 1 fully saturated rings. The predicted molar refractivity (Wildman–Crippen MR) is 109 cm³/mol. The van der Waals surface area contributed by atoms with Gasteiger partial charge in [-0.15, -0.1) is 16.4 Å². The van der Waals surface area contributed by atoms with Gasteiger partial charge in [0.1, 0.15) is 5.01 Å². The number of thiazole rings is 1. The van der Waals surface area contributed by atoms with E-state index >= 15 is 0 Å². The number of piperidine rings is 1. The van der Waals surface area contributed by atoms with Gasteiger partial charge < -0.3 is 16.0 Å². The van der Waals surface area contributed by atoms with Crippen molar-refractivity contribution in [2.24, 2.45) is 5.73 Å². The number of nitrogens with one attached hydrogen (secondary N) is 1. The molecule has 2 amide bonds. The number of carbonyl (C=O) groups excluding carboxylic acids is 1. The number of aryl methyl sites for hydroxylation is 1. The van der Waals surface area contributed by atoms with Crippen molar-refractivity contribution >= 4 is 23.1 Å². The minimum atomic E-state index is -0.101. The van der Waals surface area contributed by atoms with Gasteiger partial charge in [-0.2, -0.15) is 0 Å². The molecule has 1 aromatic carbocycles. The molecule has 1 aliphatic heterocycles. The molecule has 4 rings (SSSR count). The van der Waals surface area contributed by atoms with Crippen molar-refractivity contribution in [3.63, 3.8) is 0 Å². The van der Waals surface area contributed by atoms with Crippen LogP contribution in [0.25, 0.3) is 10.6 Å². The fourth-order valence-electron chi connectivity index (χ4n) is 3.36. The zero-order valence-electron chi connectivity index (χ0n) is 15.7. The first-order chi connectivity index (χ1) is 13.6. The molecule has 2 aromatic heterocycles. The SMILES string of the molecule is Cc1csc(-c2cccc(NC(=O)N3CCCC(n4cc(CN)nn4)C3)c2)n1. The van der Waals surface area contributed by atoms with Crippen LogP contribution in [-0.2, 0) is 6.54 Å². The highest BCUT2D eigenvalue weighted by Crippen LogP contribution is 2.26. The topological polar surface area (TPSA) is 102 Å². The van der Waals surface area contributed by atoms with Crippen molar-refractivity contribution < 1.29 is 4.79 Å². The van der Waals surface area contributed by atoms with Crippen LogP contribution in [0.1, 0.15) is 30.3 Å². The highest BCUT2D eigenvalue weighted by molar-refractivity contribution is 7.13. The Kier molecular flexibility index (Phi) is 5.36. The second-order valence-electron chi connectivity index (χ2n) is 6.94. The molecular formula is C19H23N7OS. The van der Waals surface area contributed by atoms with E-state index in [2.05, 4.69) is 20.6 Å². The Morgan fingerprint density at radius 3 is 3.07 bits per heavy atom. The molecule has 9 heteroatoms. The molecule has 1 saturated heterocycles. The second kappa shape index (κ2) is 8.07. The maximum atomic E-state index is 12.8. The van der Waals surface area contributed by atoms with Crippen molar-refractivity contribution in [3.05, 3.63) is 47.2 Å². The Bertz CT molecular complexity index is 967. The molecule has 146 valence electrons. The third-order valence-electron chi connectivity index (χ3n) is 4.80. The lowest BCUT2D eigenvalue weighted by atomic mass is 10.1. The zero-order valence-corrected chi connectivity index (χ0v) is 16.5. The number of likely N-dealkylation sites (tertiary alicyclic amines) is 1. The molecule has 0 aliphatic carbocycles. The van der Waals surface area contributed by atoms with Crippen LogP contribution < -0.4 is 11.1 Å². The Morgan fingerprint density at radius 1 is 1.43 bits per heavy atom. The molecular weight excluding hydrogens is 374 g/mol. The number of benzene rings is 1. The fourth-order valence-corrected chi connectivity index (χ4v) is 4.15. The predicted octanol–water partition coefficient (Wildman–Crippen LogP) is 3.04. The van der Waals surface area contributed by atoms with E-state index in [9.17, 15) is 4.79 Å². The van der Waals surface area contributed by atoms with E-state index in [4.69, 9.17) is 5.73 Å². The molecule has 0 saturated carbocycles. The van der Waals surface area contributed by atoms with Crippen LogP contribution in [0.3, 0.4) is 0 Å². The number of amides is 2. The summed E-state index contributed by atoms with van der Waals surface area (Å²) in [5, 5.41) is 14.2. The van der Waals surface area contributed by atoms with Gasteiger partial charge in [0.05, 0.1) is 17.9 Å². The summed E-state index contributed by atoms with van der Waals surface area (Å²) in [5.74, 6) is 0. The second-order valence-corrected chi connectivity index (χ2v) is 7.80. The first-order valence-electron chi connectivity index (χ1n) is 9.31. The van der Waals surface area contributed by atoms with Crippen molar-refractivity contribution in [1.82, 2.24) is 24.9 Å². The van der Waals surface area contributed by atoms with Crippen LogP contribution in [-0.4, -0.2) is 44.0 Å². The lowest BCUT2D eigenvalue weighted by Gasteiger charge is -2.32. The average Bonchev–Trinajstić information content (AvgIpc) is 3.37.